The maximum atomic E-state index is 11.0. The number of ether oxygens (including phenoxy) is 1. The molecule has 0 fully saturated rings. The van der Waals surface area contributed by atoms with Crippen molar-refractivity contribution in [2.24, 2.45) is 0 Å². The predicted molar refractivity (Wildman–Crippen MR) is 79.0 cm³/mol. The largest absolute Gasteiger partial charge is 0.438 e. The highest BCUT2D eigenvalue weighted by atomic mass is 16.6. The van der Waals surface area contributed by atoms with Crippen molar-refractivity contribution in [2.45, 2.75) is 20.8 Å². The molecule has 0 atom stereocenters. The molecule has 0 spiro atoms. The maximum Gasteiger partial charge on any atom is 0.276 e. The van der Waals surface area contributed by atoms with Crippen molar-refractivity contribution >= 4 is 11.5 Å². The molecule has 0 amide bonds. The molecule has 1 N–H and O–H groups in total. The Morgan fingerprint density at radius 2 is 1.86 bits per heavy atom. The second kappa shape index (κ2) is 5.74. The average molecular weight is 288 g/mol. The van der Waals surface area contributed by atoms with Crippen LogP contribution in [0, 0.1) is 30.9 Å². The minimum absolute atomic E-state index is 0.0234. The summed E-state index contributed by atoms with van der Waals surface area (Å²) in [5, 5.41) is 13.9. The second-order valence-electron chi connectivity index (χ2n) is 4.65. The van der Waals surface area contributed by atoms with Gasteiger partial charge in [0.1, 0.15) is 17.4 Å². The van der Waals surface area contributed by atoms with Crippen LogP contribution in [0.4, 0.5) is 11.5 Å². The highest BCUT2D eigenvalue weighted by Crippen LogP contribution is 2.31. The first kappa shape index (κ1) is 14.7. The summed E-state index contributed by atoms with van der Waals surface area (Å²) in [5.41, 5.74) is 1.43. The second-order valence-corrected chi connectivity index (χ2v) is 4.65. The van der Waals surface area contributed by atoms with Crippen molar-refractivity contribution in [1.82, 2.24) is 9.97 Å². The summed E-state index contributed by atoms with van der Waals surface area (Å²) in [5.74, 6) is 1.92. The lowest BCUT2D eigenvalue weighted by Gasteiger charge is -2.10. The lowest BCUT2D eigenvalue weighted by atomic mass is 10.1. The van der Waals surface area contributed by atoms with Gasteiger partial charge in [-0.05, 0) is 32.4 Å². The first-order valence-electron chi connectivity index (χ1n) is 6.37. The minimum Gasteiger partial charge on any atom is -0.438 e. The summed E-state index contributed by atoms with van der Waals surface area (Å²) >= 11 is 0. The van der Waals surface area contributed by atoms with Gasteiger partial charge in [-0.2, -0.15) is 4.98 Å². The van der Waals surface area contributed by atoms with Gasteiger partial charge in [-0.3, -0.25) is 10.1 Å². The molecule has 0 saturated carbocycles. The molecule has 2 aromatic rings. The molecule has 21 heavy (non-hydrogen) atoms. The summed E-state index contributed by atoms with van der Waals surface area (Å²) < 4.78 is 5.68. The van der Waals surface area contributed by atoms with Gasteiger partial charge in [0.05, 0.1) is 11.0 Å². The molecule has 0 unspecified atom stereocenters. The van der Waals surface area contributed by atoms with E-state index in [2.05, 4.69) is 15.3 Å². The number of nitrogens with zero attached hydrogens (tertiary/aromatic N) is 3. The van der Waals surface area contributed by atoms with E-state index in [-0.39, 0.29) is 5.69 Å². The number of aryl methyl sites for hydroxylation is 3. The average Bonchev–Trinajstić information content (AvgIpc) is 2.40. The van der Waals surface area contributed by atoms with Crippen LogP contribution in [-0.2, 0) is 0 Å². The molecule has 2 rings (SSSR count). The molecule has 7 heteroatoms. The summed E-state index contributed by atoms with van der Waals surface area (Å²) in [6.07, 6.45) is 0. The Morgan fingerprint density at radius 1 is 1.14 bits per heavy atom. The third-order valence-corrected chi connectivity index (χ3v) is 2.98. The zero-order chi connectivity index (χ0) is 15.6. The minimum atomic E-state index is -0.425. The fourth-order valence-electron chi connectivity index (χ4n) is 1.96. The molecular weight excluding hydrogens is 272 g/mol. The summed E-state index contributed by atoms with van der Waals surface area (Å²) in [6, 6.07) is 4.78. The molecule has 110 valence electrons. The number of hydrogen-bond acceptors (Lipinski definition) is 6. The number of rotatable bonds is 4. The van der Waals surface area contributed by atoms with Crippen molar-refractivity contribution in [3.8, 4) is 11.6 Å². The third-order valence-electron chi connectivity index (χ3n) is 2.98. The Morgan fingerprint density at radius 3 is 2.48 bits per heavy atom. The highest BCUT2D eigenvalue weighted by Gasteiger charge is 2.15. The van der Waals surface area contributed by atoms with Crippen molar-refractivity contribution in [3.05, 3.63) is 45.3 Å². The van der Waals surface area contributed by atoms with E-state index < -0.39 is 4.92 Å². The van der Waals surface area contributed by atoms with Gasteiger partial charge in [-0.15, -0.1) is 0 Å². The van der Waals surface area contributed by atoms with E-state index in [0.717, 1.165) is 5.56 Å². The summed E-state index contributed by atoms with van der Waals surface area (Å²) in [7, 11) is 1.74. The molecule has 1 heterocycles. The molecule has 1 aromatic carbocycles. The molecule has 0 aliphatic carbocycles. The predicted octanol–water partition coefficient (Wildman–Crippen LogP) is 3.14. The number of nitro groups is 1. The van der Waals surface area contributed by atoms with Crippen LogP contribution >= 0.6 is 0 Å². The van der Waals surface area contributed by atoms with Crippen molar-refractivity contribution in [2.75, 3.05) is 12.4 Å². The van der Waals surface area contributed by atoms with Gasteiger partial charge in [0.15, 0.2) is 0 Å². The van der Waals surface area contributed by atoms with Crippen LogP contribution in [0.5, 0.6) is 11.6 Å². The van der Waals surface area contributed by atoms with Crippen LogP contribution in [0.3, 0.4) is 0 Å². The normalized spacial score (nSPS) is 10.3. The zero-order valence-corrected chi connectivity index (χ0v) is 12.3. The molecule has 0 aliphatic rings. The number of aromatic nitrogens is 2. The SMILES string of the molecule is CNc1cc(Oc2cc([N+](=O)[O-])c(C)cc2C)nc(C)n1. The quantitative estimate of drug-likeness (QED) is 0.686. The molecule has 1 aromatic heterocycles. The van der Waals surface area contributed by atoms with E-state index in [1.165, 1.54) is 6.07 Å². The van der Waals surface area contributed by atoms with E-state index in [0.29, 0.717) is 28.8 Å². The van der Waals surface area contributed by atoms with Crippen LogP contribution in [-0.4, -0.2) is 21.9 Å². The Bertz CT molecular complexity index is 701. The smallest absolute Gasteiger partial charge is 0.276 e. The first-order chi connectivity index (χ1) is 9.90. The third kappa shape index (κ3) is 3.25. The van der Waals surface area contributed by atoms with Gasteiger partial charge >= 0.3 is 0 Å². The van der Waals surface area contributed by atoms with Crippen molar-refractivity contribution < 1.29 is 9.66 Å². The van der Waals surface area contributed by atoms with Crippen LogP contribution < -0.4 is 10.1 Å². The number of nitro benzene ring substituents is 1. The lowest BCUT2D eigenvalue weighted by Crippen LogP contribution is -2.00. The van der Waals surface area contributed by atoms with Crippen LogP contribution in [0.25, 0.3) is 0 Å². The van der Waals surface area contributed by atoms with Gasteiger partial charge in [0, 0.05) is 18.7 Å². The van der Waals surface area contributed by atoms with E-state index in [4.69, 9.17) is 4.74 Å². The van der Waals surface area contributed by atoms with Gasteiger partial charge in [-0.1, -0.05) is 0 Å². The zero-order valence-electron chi connectivity index (χ0n) is 12.3. The molecular formula is C14H16N4O3. The molecule has 0 saturated heterocycles. The van der Waals surface area contributed by atoms with E-state index in [1.54, 1.807) is 33.0 Å². The van der Waals surface area contributed by atoms with Crippen molar-refractivity contribution in [1.29, 1.82) is 0 Å². The summed E-state index contributed by atoms with van der Waals surface area (Å²) in [4.78, 5) is 18.9. The van der Waals surface area contributed by atoms with Crippen LogP contribution in [0.1, 0.15) is 17.0 Å². The molecule has 0 radical (unpaired) electrons. The molecule has 0 aliphatic heterocycles. The lowest BCUT2D eigenvalue weighted by molar-refractivity contribution is -0.385. The number of benzene rings is 1. The number of nitrogens with one attached hydrogen (secondary N) is 1. The van der Waals surface area contributed by atoms with Gasteiger partial charge in [-0.25, -0.2) is 4.98 Å². The Labute approximate surface area is 122 Å². The highest BCUT2D eigenvalue weighted by molar-refractivity contribution is 5.51. The Hall–Kier alpha value is -2.70. The van der Waals surface area contributed by atoms with E-state index in [9.17, 15) is 10.1 Å². The molecule has 7 nitrogen and oxygen atoms in total. The molecule has 0 bridgehead atoms. The van der Waals surface area contributed by atoms with Crippen LogP contribution in [0.15, 0.2) is 18.2 Å². The monoisotopic (exact) mass is 288 g/mol. The standard InChI is InChI=1S/C14H16N4O3/c1-8-5-9(2)12(6-11(8)18(19)20)21-14-7-13(15-4)16-10(3)17-14/h5-7H,1-4H3,(H,15,16,17). The van der Waals surface area contributed by atoms with Gasteiger partial charge < -0.3 is 10.1 Å². The fraction of sp³-hybridized carbons (Fsp3) is 0.286. The topological polar surface area (TPSA) is 90.2 Å². The van der Waals surface area contributed by atoms with E-state index in [1.807, 2.05) is 6.92 Å². The van der Waals surface area contributed by atoms with Crippen molar-refractivity contribution in [3.63, 3.8) is 0 Å². The summed E-state index contributed by atoms with van der Waals surface area (Å²) in [6.45, 7) is 5.28. The first-order valence-corrected chi connectivity index (χ1v) is 6.37. The fourth-order valence-corrected chi connectivity index (χ4v) is 1.96. The number of anilines is 1. The number of hydrogen-bond donors (Lipinski definition) is 1. The Balaban J connectivity index is 2.41. The maximum absolute atomic E-state index is 11.0. The van der Waals surface area contributed by atoms with E-state index >= 15 is 0 Å². The van der Waals surface area contributed by atoms with Gasteiger partial charge in [0.2, 0.25) is 5.88 Å². The Kier molecular flexibility index (Phi) is 4.02. The van der Waals surface area contributed by atoms with Crippen LogP contribution in [0.2, 0.25) is 0 Å². The van der Waals surface area contributed by atoms with Gasteiger partial charge in [0.25, 0.3) is 5.69 Å².